The molecule has 2 aromatic rings. The number of rotatable bonds is 7. The molecule has 0 aliphatic heterocycles. The molecule has 0 aliphatic carbocycles. The maximum Gasteiger partial charge on any atom is 0.344 e. The van der Waals surface area contributed by atoms with Gasteiger partial charge in [-0.1, -0.05) is 18.2 Å². The van der Waals surface area contributed by atoms with Gasteiger partial charge >= 0.3 is 5.97 Å². The van der Waals surface area contributed by atoms with Gasteiger partial charge in [0.15, 0.2) is 13.2 Å². The van der Waals surface area contributed by atoms with Gasteiger partial charge in [0.2, 0.25) is 11.7 Å². The van der Waals surface area contributed by atoms with E-state index < -0.39 is 24.2 Å². The first kappa shape index (κ1) is 19.1. The Morgan fingerprint density at radius 2 is 1.81 bits per heavy atom. The van der Waals surface area contributed by atoms with E-state index in [0.717, 1.165) is 11.6 Å². The van der Waals surface area contributed by atoms with Gasteiger partial charge < -0.3 is 14.8 Å². The number of para-hydroxylation sites is 1. The molecule has 0 unspecified atom stereocenters. The molecule has 1 amide bonds. The largest absolute Gasteiger partial charge is 0.482 e. The number of esters is 1. The predicted octanol–water partition coefficient (Wildman–Crippen LogP) is 2.90. The molecule has 0 fully saturated rings. The monoisotopic (exact) mass is 359 g/mol. The number of hydrogen-bond acceptors (Lipinski definition) is 5. The summed E-state index contributed by atoms with van der Waals surface area (Å²) in [5, 5.41) is 2.41. The molecule has 7 heteroatoms. The molecule has 0 radical (unpaired) electrons. The zero-order valence-electron chi connectivity index (χ0n) is 14.4. The first-order chi connectivity index (χ1) is 12.4. The number of carbonyl (C=O) groups excluding carboxylic acids is 3. The number of nitrogens with one attached hydrogen (secondary N) is 1. The van der Waals surface area contributed by atoms with Crippen LogP contribution in [0.4, 0.5) is 10.1 Å². The highest BCUT2D eigenvalue weighted by Gasteiger charge is 2.15. The van der Waals surface area contributed by atoms with Crippen LogP contribution in [0.25, 0.3) is 0 Å². The number of anilines is 1. The molecule has 1 N–H and O–H groups in total. The minimum absolute atomic E-state index is 0.230. The molecule has 0 atom stereocenters. The van der Waals surface area contributed by atoms with E-state index in [2.05, 4.69) is 5.32 Å². The fraction of sp³-hybridized carbons (Fsp3) is 0.211. The fourth-order valence-corrected chi connectivity index (χ4v) is 2.14. The Balaban J connectivity index is 1.87. The van der Waals surface area contributed by atoms with Crippen LogP contribution in [-0.2, 0) is 14.3 Å². The number of carbonyl (C=O) groups is 3. The lowest BCUT2D eigenvalue weighted by Crippen LogP contribution is -2.20. The number of aryl methyl sites for hydroxylation is 1. The van der Waals surface area contributed by atoms with Crippen molar-refractivity contribution >= 4 is 23.3 Å². The van der Waals surface area contributed by atoms with Gasteiger partial charge in [0, 0.05) is 12.6 Å². The summed E-state index contributed by atoms with van der Waals surface area (Å²) in [5.74, 6) is -2.06. The van der Waals surface area contributed by atoms with E-state index in [-0.39, 0.29) is 23.8 Å². The Morgan fingerprint density at radius 1 is 1.08 bits per heavy atom. The molecule has 0 aromatic heterocycles. The average molecular weight is 359 g/mol. The third-order valence-corrected chi connectivity index (χ3v) is 3.39. The van der Waals surface area contributed by atoms with Crippen LogP contribution in [0.5, 0.6) is 5.75 Å². The molecular weight excluding hydrogens is 341 g/mol. The van der Waals surface area contributed by atoms with Gasteiger partial charge in [0.25, 0.3) is 0 Å². The van der Waals surface area contributed by atoms with Crippen LogP contribution in [0.1, 0.15) is 22.8 Å². The standard InChI is InChI=1S/C19H18FNO5/c1-12-5-3-4-6-18(12)25-11-19(24)26-10-17(23)15-8-7-14(9-16(15)20)21-13(2)22/h3-9H,10-11H2,1-2H3,(H,21,22). The van der Waals surface area contributed by atoms with Crippen molar-refractivity contribution in [3.05, 3.63) is 59.4 Å². The van der Waals surface area contributed by atoms with E-state index in [0.29, 0.717) is 5.75 Å². The maximum atomic E-state index is 14.0. The normalized spacial score (nSPS) is 10.1. The number of halogens is 1. The van der Waals surface area contributed by atoms with E-state index in [9.17, 15) is 18.8 Å². The van der Waals surface area contributed by atoms with Crippen LogP contribution in [0.15, 0.2) is 42.5 Å². The van der Waals surface area contributed by atoms with Crippen LogP contribution in [-0.4, -0.2) is 30.9 Å². The second-order valence-corrected chi connectivity index (χ2v) is 5.51. The Hall–Kier alpha value is -3.22. The molecule has 0 heterocycles. The Kier molecular flexibility index (Phi) is 6.43. The lowest BCUT2D eigenvalue weighted by Gasteiger charge is -2.09. The summed E-state index contributed by atoms with van der Waals surface area (Å²) in [7, 11) is 0. The Labute approximate surface area is 149 Å². The summed E-state index contributed by atoms with van der Waals surface area (Å²) in [4.78, 5) is 34.6. The molecule has 0 saturated heterocycles. The van der Waals surface area contributed by atoms with Gasteiger partial charge in [-0.05, 0) is 36.8 Å². The molecule has 26 heavy (non-hydrogen) atoms. The zero-order valence-corrected chi connectivity index (χ0v) is 14.4. The highest BCUT2D eigenvalue weighted by molar-refractivity contribution is 5.99. The van der Waals surface area contributed by atoms with Gasteiger partial charge in [-0.25, -0.2) is 9.18 Å². The third-order valence-electron chi connectivity index (χ3n) is 3.39. The van der Waals surface area contributed by atoms with Crippen molar-refractivity contribution in [2.45, 2.75) is 13.8 Å². The molecular formula is C19H18FNO5. The van der Waals surface area contributed by atoms with E-state index in [4.69, 9.17) is 9.47 Å². The van der Waals surface area contributed by atoms with Gasteiger partial charge in [0.1, 0.15) is 11.6 Å². The van der Waals surface area contributed by atoms with E-state index >= 15 is 0 Å². The van der Waals surface area contributed by atoms with E-state index in [1.54, 1.807) is 12.1 Å². The summed E-state index contributed by atoms with van der Waals surface area (Å²) in [6.07, 6.45) is 0. The summed E-state index contributed by atoms with van der Waals surface area (Å²) in [6.45, 7) is 2.15. The molecule has 0 bridgehead atoms. The van der Waals surface area contributed by atoms with E-state index in [1.165, 1.54) is 19.1 Å². The zero-order chi connectivity index (χ0) is 19.1. The molecule has 0 aliphatic rings. The number of amides is 1. The maximum absolute atomic E-state index is 14.0. The lowest BCUT2D eigenvalue weighted by molar-refractivity contribution is -0.144. The van der Waals surface area contributed by atoms with Crippen LogP contribution in [0, 0.1) is 12.7 Å². The van der Waals surface area contributed by atoms with Crippen molar-refractivity contribution in [2.24, 2.45) is 0 Å². The molecule has 0 spiro atoms. The third kappa shape index (κ3) is 5.41. The highest BCUT2D eigenvalue weighted by Crippen LogP contribution is 2.17. The Morgan fingerprint density at radius 3 is 2.46 bits per heavy atom. The van der Waals surface area contributed by atoms with Crippen molar-refractivity contribution in [1.29, 1.82) is 0 Å². The van der Waals surface area contributed by atoms with Crippen molar-refractivity contribution < 1.29 is 28.2 Å². The summed E-state index contributed by atoms with van der Waals surface area (Å²) < 4.78 is 24.1. The number of benzene rings is 2. The lowest BCUT2D eigenvalue weighted by atomic mass is 10.1. The molecule has 0 saturated carbocycles. The number of ketones is 1. The molecule has 2 aromatic carbocycles. The predicted molar refractivity (Wildman–Crippen MR) is 92.7 cm³/mol. The number of ether oxygens (including phenoxy) is 2. The topological polar surface area (TPSA) is 81.7 Å². The SMILES string of the molecule is CC(=O)Nc1ccc(C(=O)COC(=O)COc2ccccc2C)c(F)c1. The van der Waals surface area contributed by atoms with Gasteiger partial charge in [0.05, 0.1) is 5.56 Å². The average Bonchev–Trinajstić information content (AvgIpc) is 2.58. The fourth-order valence-electron chi connectivity index (χ4n) is 2.14. The molecule has 6 nitrogen and oxygen atoms in total. The summed E-state index contributed by atoms with van der Waals surface area (Å²) in [5.41, 5.74) is 0.861. The van der Waals surface area contributed by atoms with Crippen LogP contribution in [0.2, 0.25) is 0 Å². The number of Topliss-reactive ketones (excluding diaryl/α,β-unsaturated/α-hetero) is 1. The van der Waals surface area contributed by atoms with Gasteiger partial charge in [-0.2, -0.15) is 0 Å². The van der Waals surface area contributed by atoms with Crippen molar-refractivity contribution in [3.63, 3.8) is 0 Å². The van der Waals surface area contributed by atoms with E-state index in [1.807, 2.05) is 19.1 Å². The quantitative estimate of drug-likeness (QED) is 0.607. The highest BCUT2D eigenvalue weighted by atomic mass is 19.1. The van der Waals surface area contributed by atoms with Crippen LogP contribution in [0.3, 0.4) is 0 Å². The molecule has 2 rings (SSSR count). The minimum atomic E-state index is -0.812. The smallest absolute Gasteiger partial charge is 0.344 e. The van der Waals surface area contributed by atoms with Crippen LogP contribution < -0.4 is 10.1 Å². The Bertz CT molecular complexity index is 834. The number of hydrogen-bond donors (Lipinski definition) is 1. The van der Waals surface area contributed by atoms with Crippen molar-refractivity contribution in [3.8, 4) is 5.75 Å². The summed E-state index contributed by atoms with van der Waals surface area (Å²) >= 11 is 0. The minimum Gasteiger partial charge on any atom is -0.482 e. The van der Waals surface area contributed by atoms with Gasteiger partial charge in [-0.3, -0.25) is 9.59 Å². The van der Waals surface area contributed by atoms with Crippen molar-refractivity contribution in [1.82, 2.24) is 0 Å². The summed E-state index contributed by atoms with van der Waals surface area (Å²) in [6, 6.07) is 10.8. The molecule has 136 valence electrons. The first-order valence-electron chi connectivity index (χ1n) is 7.81. The van der Waals surface area contributed by atoms with Crippen LogP contribution >= 0.6 is 0 Å². The van der Waals surface area contributed by atoms with Crippen molar-refractivity contribution in [2.75, 3.05) is 18.5 Å². The second kappa shape index (κ2) is 8.75. The second-order valence-electron chi connectivity index (χ2n) is 5.51. The van der Waals surface area contributed by atoms with Gasteiger partial charge in [-0.15, -0.1) is 0 Å². The first-order valence-corrected chi connectivity index (χ1v) is 7.81.